The molecule has 4 rings (SSSR count). The molecule has 0 spiro atoms. The Kier molecular flexibility index (Phi) is 20.1. The lowest BCUT2D eigenvalue weighted by Gasteiger charge is -2.31. The summed E-state index contributed by atoms with van der Waals surface area (Å²) < 4.78 is 53.0. The molecule has 1 amide bonds. The first-order valence-electron chi connectivity index (χ1n) is 16.7. The first-order chi connectivity index (χ1) is 23.0. The standard InChI is InChI=1S/C17H25ClN2O3S.C12H14ClNO4S.C5H13N.CH4/c1-13(2)9-10-19-17(21)14-6-5-11-20(12-14)24(22,23)16-8-4-3-7-15(16)18;13-10-5-1-2-6-11(10)19(17,18)14-7-3-4-9(8-14)12(15)16;1-5(2)3-4-6;/h3-4,7-8,13-14H,5-6,9-12H2,1-2H3,(H,19,21);1-2,5-6,9H,3-4,7-8H2,(H,15,16);5H,3-4,6H2,1-2H3;1H4/t14-;9-;;/m00../s1. The lowest BCUT2D eigenvalue weighted by molar-refractivity contribution is -0.142. The second-order valence-electron chi connectivity index (χ2n) is 13.0. The number of amides is 1. The summed E-state index contributed by atoms with van der Waals surface area (Å²) >= 11 is 11.9. The third-order valence-electron chi connectivity index (χ3n) is 8.16. The van der Waals surface area contributed by atoms with Gasteiger partial charge in [-0.2, -0.15) is 8.61 Å². The van der Waals surface area contributed by atoms with Crippen LogP contribution >= 0.6 is 23.2 Å². The molecule has 284 valence electrons. The summed E-state index contributed by atoms with van der Waals surface area (Å²) in [5, 5.41) is 12.3. The Morgan fingerprint density at radius 2 is 1.22 bits per heavy atom. The first-order valence-corrected chi connectivity index (χ1v) is 20.4. The number of hydrogen-bond donors (Lipinski definition) is 3. The highest BCUT2D eigenvalue weighted by Crippen LogP contribution is 2.29. The molecule has 2 heterocycles. The quantitative estimate of drug-likeness (QED) is 0.237. The van der Waals surface area contributed by atoms with E-state index in [0.717, 1.165) is 25.3 Å². The molecule has 15 heteroatoms. The average molecular weight is 780 g/mol. The van der Waals surface area contributed by atoms with Gasteiger partial charge in [-0.1, -0.05) is 82.6 Å². The molecule has 2 aromatic carbocycles. The van der Waals surface area contributed by atoms with Crippen LogP contribution in [0.15, 0.2) is 58.3 Å². The maximum Gasteiger partial charge on any atom is 0.307 e. The number of aliphatic carboxylic acids is 1. The minimum atomic E-state index is -3.72. The van der Waals surface area contributed by atoms with Crippen molar-refractivity contribution >= 4 is 55.1 Å². The number of nitrogens with one attached hydrogen (secondary N) is 1. The van der Waals surface area contributed by atoms with Crippen LogP contribution in [-0.2, 0) is 29.6 Å². The summed E-state index contributed by atoms with van der Waals surface area (Å²) in [6.45, 7) is 11.0. The maximum atomic E-state index is 12.8. The van der Waals surface area contributed by atoms with E-state index in [-0.39, 0.29) is 52.2 Å². The highest BCUT2D eigenvalue weighted by molar-refractivity contribution is 7.89. The third kappa shape index (κ3) is 14.0. The molecule has 50 heavy (non-hydrogen) atoms. The number of carboxylic acids is 1. The molecular weight excluding hydrogens is 723 g/mol. The molecule has 2 fully saturated rings. The summed E-state index contributed by atoms with van der Waals surface area (Å²) in [5.41, 5.74) is 5.23. The monoisotopic (exact) mass is 778 g/mol. The van der Waals surface area contributed by atoms with Gasteiger partial charge >= 0.3 is 5.97 Å². The van der Waals surface area contributed by atoms with Crippen LogP contribution in [0.1, 0.15) is 73.6 Å². The highest BCUT2D eigenvalue weighted by atomic mass is 35.5. The van der Waals surface area contributed by atoms with Gasteiger partial charge in [0.05, 0.1) is 21.9 Å². The number of sulfonamides is 2. The molecule has 0 aromatic heterocycles. The third-order valence-corrected chi connectivity index (χ3v) is 12.9. The topological polar surface area (TPSA) is 167 Å². The Morgan fingerprint density at radius 3 is 1.60 bits per heavy atom. The van der Waals surface area contributed by atoms with Gasteiger partial charge in [-0.05, 0) is 81.2 Å². The van der Waals surface area contributed by atoms with Crippen molar-refractivity contribution in [3.63, 3.8) is 0 Å². The number of nitrogens with two attached hydrogens (primary N) is 1. The van der Waals surface area contributed by atoms with Crippen LogP contribution in [0.25, 0.3) is 0 Å². The number of piperidine rings is 2. The predicted octanol–water partition coefficient (Wildman–Crippen LogP) is 6.36. The largest absolute Gasteiger partial charge is 0.481 e. The van der Waals surface area contributed by atoms with Gasteiger partial charge < -0.3 is 16.2 Å². The fourth-order valence-electron chi connectivity index (χ4n) is 5.28. The summed E-state index contributed by atoms with van der Waals surface area (Å²) in [4.78, 5) is 23.4. The Bertz CT molecular complexity index is 1570. The molecule has 2 saturated heterocycles. The van der Waals surface area contributed by atoms with E-state index in [1.54, 1.807) is 30.3 Å². The normalized spacial score (nSPS) is 18.6. The number of carbonyl (C=O) groups is 2. The predicted molar refractivity (Wildman–Crippen MR) is 201 cm³/mol. The minimum Gasteiger partial charge on any atom is -0.481 e. The van der Waals surface area contributed by atoms with E-state index in [1.165, 1.54) is 26.8 Å². The van der Waals surface area contributed by atoms with Gasteiger partial charge in [0.15, 0.2) is 0 Å². The molecule has 2 aromatic rings. The van der Waals surface area contributed by atoms with E-state index >= 15 is 0 Å². The Hall–Kier alpha value is -2.26. The van der Waals surface area contributed by atoms with Crippen LogP contribution < -0.4 is 11.1 Å². The van der Waals surface area contributed by atoms with Crippen LogP contribution in [0.5, 0.6) is 0 Å². The summed E-state index contributed by atoms with van der Waals surface area (Å²) in [7, 11) is -7.39. The number of carboxylic acid groups (broad SMARTS) is 1. The van der Waals surface area contributed by atoms with E-state index < -0.39 is 31.9 Å². The van der Waals surface area contributed by atoms with Crippen molar-refractivity contribution in [3.8, 4) is 0 Å². The molecule has 0 aliphatic carbocycles. The van der Waals surface area contributed by atoms with Crippen LogP contribution in [0.4, 0.5) is 0 Å². The SMILES string of the molecule is C.CC(C)CCN.CC(C)CCNC(=O)[C@H]1CCCN(S(=O)(=O)c2ccccc2Cl)C1.O=C(O)[C@H]1CCCN(S(=O)(=O)c2ccccc2Cl)C1. The number of nitrogens with zero attached hydrogens (tertiary/aromatic N) is 2. The molecule has 11 nitrogen and oxygen atoms in total. The van der Waals surface area contributed by atoms with E-state index in [4.69, 9.17) is 34.0 Å². The number of benzene rings is 2. The zero-order chi connectivity index (χ0) is 36.8. The summed E-state index contributed by atoms with van der Waals surface area (Å²) in [6.07, 6.45) is 4.50. The van der Waals surface area contributed by atoms with Crippen molar-refractivity contribution < 1.29 is 31.5 Å². The van der Waals surface area contributed by atoms with Crippen molar-refractivity contribution in [1.82, 2.24) is 13.9 Å². The fraction of sp³-hybridized carbons (Fsp3) is 0.600. The first kappa shape index (κ1) is 45.8. The van der Waals surface area contributed by atoms with Gasteiger partial charge in [0.1, 0.15) is 9.79 Å². The van der Waals surface area contributed by atoms with Crippen LogP contribution in [-0.4, -0.2) is 81.7 Å². The highest BCUT2D eigenvalue weighted by Gasteiger charge is 2.35. The molecule has 0 radical (unpaired) electrons. The van der Waals surface area contributed by atoms with E-state index in [0.29, 0.717) is 51.2 Å². The summed E-state index contributed by atoms with van der Waals surface area (Å²) in [6, 6.07) is 12.6. The molecule has 0 saturated carbocycles. The van der Waals surface area contributed by atoms with Crippen molar-refractivity contribution in [2.75, 3.05) is 39.3 Å². The van der Waals surface area contributed by atoms with Crippen LogP contribution in [0, 0.1) is 23.7 Å². The van der Waals surface area contributed by atoms with Gasteiger partial charge in [-0.3, -0.25) is 9.59 Å². The lowest BCUT2D eigenvalue weighted by atomic mass is 9.98. The van der Waals surface area contributed by atoms with E-state index in [9.17, 15) is 26.4 Å². The van der Waals surface area contributed by atoms with Gasteiger partial charge in [0, 0.05) is 32.7 Å². The van der Waals surface area contributed by atoms with Gasteiger partial charge in [0.25, 0.3) is 0 Å². The lowest BCUT2D eigenvalue weighted by Crippen LogP contribution is -2.45. The molecule has 0 unspecified atom stereocenters. The number of halogens is 2. The Labute approximate surface area is 310 Å². The average Bonchev–Trinajstić information content (AvgIpc) is 3.05. The minimum absolute atomic E-state index is 0. The molecule has 0 bridgehead atoms. The number of hydrogen-bond acceptors (Lipinski definition) is 7. The van der Waals surface area contributed by atoms with E-state index in [1.807, 2.05) is 0 Å². The maximum absolute atomic E-state index is 12.8. The molecule has 2 aliphatic heterocycles. The van der Waals surface area contributed by atoms with Crippen molar-refractivity contribution in [3.05, 3.63) is 58.6 Å². The van der Waals surface area contributed by atoms with Crippen LogP contribution in [0.2, 0.25) is 10.0 Å². The Balaban J connectivity index is 0.000000430. The number of carbonyl (C=O) groups excluding carboxylic acids is 1. The number of rotatable bonds is 11. The molecule has 2 aliphatic rings. The van der Waals surface area contributed by atoms with Crippen molar-refractivity contribution in [2.45, 2.75) is 83.4 Å². The Morgan fingerprint density at radius 1 is 0.800 bits per heavy atom. The van der Waals surface area contributed by atoms with Crippen LogP contribution in [0.3, 0.4) is 0 Å². The fourth-order valence-corrected chi connectivity index (χ4v) is 9.32. The molecule has 2 atom stereocenters. The second kappa shape index (κ2) is 22.0. The molecule has 4 N–H and O–H groups in total. The summed E-state index contributed by atoms with van der Waals surface area (Å²) in [5.74, 6) is -0.674. The second-order valence-corrected chi connectivity index (χ2v) is 17.7. The smallest absolute Gasteiger partial charge is 0.307 e. The van der Waals surface area contributed by atoms with E-state index in [2.05, 4.69) is 33.0 Å². The zero-order valence-electron chi connectivity index (χ0n) is 28.9. The van der Waals surface area contributed by atoms with Crippen molar-refractivity contribution in [1.29, 1.82) is 0 Å². The van der Waals surface area contributed by atoms with Gasteiger partial charge in [0.2, 0.25) is 26.0 Å². The van der Waals surface area contributed by atoms with Gasteiger partial charge in [-0.15, -0.1) is 0 Å². The zero-order valence-corrected chi connectivity index (χ0v) is 32.0. The molecular formula is C35H56Cl2N4O7S2. The van der Waals surface area contributed by atoms with Gasteiger partial charge in [-0.25, -0.2) is 16.8 Å². The van der Waals surface area contributed by atoms with Crippen molar-refractivity contribution in [2.24, 2.45) is 29.4 Å².